The van der Waals surface area contributed by atoms with Gasteiger partial charge in [0.25, 0.3) is 0 Å². The number of benzene rings is 1. The first kappa shape index (κ1) is 11.3. The monoisotopic (exact) mass is 203 g/mol. The van der Waals surface area contributed by atoms with Crippen molar-refractivity contribution in [3.05, 3.63) is 34.4 Å². The van der Waals surface area contributed by atoms with Crippen LogP contribution in [0.3, 0.4) is 0 Å². The second-order valence-electron chi connectivity index (χ2n) is 3.29. The van der Waals surface area contributed by atoms with Crippen molar-refractivity contribution in [3.8, 4) is 6.07 Å². The summed E-state index contributed by atoms with van der Waals surface area (Å²) in [5.74, 6) is -0.960. The van der Waals surface area contributed by atoms with Crippen LogP contribution >= 0.6 is 0 Å². The zero-order chi connectivity index (χ0) is 11.4. The molecule has 78 valence electrons. The molecule has 1 aromatic rings. The molecule has 3 nitrogen and oxygen atoms in total. The lowest BCUT2D eigenvalue weighted by Gasteiger charge is -2.09. The fourth-order valence-corrected chi connectivity index (χ4v) is 1.72. The lowest BCUT2D eigenvalue weighted by atomic mass is 9.94. The molecule has 1 aromatic carbocycles. The molecular formula is C12H13NO2. The van der Waals surface area contributed by atoms with Crippen molar-refractivity contribution in [2.45, 2.75) is 26.7 Å². The van der Waals surface area contributed by atoms with Crippen LogP contribution in [0.25, 0.3) is 0 Å². The first-order valence-electron chi connectivity index (χ1n) is 4.93. The molecule has 0 unspecified atom stereocenters. The number of carboxylic acid groups (broad SMARTS) is 1. The maximum Gasteiger partial charge on any atom is 0.336 e. The lowest BCUT2D eigenvalue weighted by molar-refractivity contribution is 0.0695. The number of aryl methyl sites for hydroxylation is 1. The van der Waals surface area contributed by atoms with Crippen LogP contribution in [0.1, 0.15) is 40.9 Å². The van der Waals surface area contributed by atoms with E-state index < -0.39 is 5.97 Å². The summed E-state index contributed by atoms with van der Waals surface area (Å²) < 4.78 is 0. The molecule has 0 amide bonds. The minimum Gasteiger partial charge on any atom is -0.478 e. The van der Waals surface area contributed by atoms with Crippen LogP contribution in [0.2, 0.25) is 0 Å². The second kappa shape index (κ2) is 4.61. The van der Waals surface area contributed by atoms with Crippen LogP contribution in [-0.4, -0.2) is 11.1 Å². The highest BCUT2D eigenvalue weighted by molar-refractivity contribution is 5.90. The summed E-state index contributed by atoms with van der Waals surface area (Å²) in [5, 5.41) is 17.8. The molecule has 0 spiro atoms. The second-order valence-corrected chi connectivity index (χ2v) is 3.29. The average molecular weight is 203 g/mol. The van der Waals surface area contributed by atoms with Gasteiger partial charge in [-0.25, -0.2) is 4.79 Å². The Hall–Kier alpha value is -1.82. The summed E-state index contributed by atoms with van der Waals surface area (Å²) >= 11 is 0. The van der Waals surface area contributed by atoms with Crippen molar-refractivity contribution >= 4 is 5.97 Å². The highest BCUT2D eigenvalue weighted by atomic mass is 16.4. The molecular weight excluding hydrogens is 190 g/mol. The maximum atomic E-state index is 11.0. The third kappa shape index (κ3) is 2.16. The van der Waals surface area contributed by atoms with Gasteiger partial charge in [0.05, 0.1) is 17.2 Å². The van der Waals surface area contributed by atoms with E-state index in [0.717, 1.165) is 17.5 Å². The van der Waals surface area contributed by atoms with E-state index in [1.807, 2.05) is 19.9 Å². The van der Waals surface area contributed by atoms with Gasteiger partial charge in [-0.2, -0.15) is 5.26 Å². The summed E-state index contributed by atoms with van der Waals surface area (Å²) in [4.78, 5) is 11.0. The summed E-state index contributed by atoms with van der Waals surface area (Å²) in [6.07, 6.45) is 1.43. The van der Waals surface area contributed by atoms with E-state index in [0.29, 0.717) is 12.0 Å². The van der Waals surface area contributed by atoms with Crippen molar-refractivity contribution in [3.63, 3.8) is 0 Å². The Morgan fingerprint density at radius 2 is 2.07 bits per heavy atom. The van der Waals surface area contributed by atoms with Gasteiger partial charge in [0.1, 0.15) is 0 Å². The molecule has 15 heavy (non-hydrogen) atoms. The van der Waals surface area contributed by atoms with E-state index in [4.69, 9.17) is 10.4 Å². The number of hydrogen-bond donors (Lipinski definition) is 1. The molecule has 0 aliphatic carbocycles. The van der Waals surface area contributed by atoms with Gasteiger partial charge in [-0.15, -0.1) is 0 Å². The number of nitriles is 1. The fraction of sp³-hybridized carbons (Fsp3) is 0.333. The van der Waals surface area contributed by atoms with Crippen molar-refractivity contribution < 1.29 is 9.90 Å². The maximum absolute atomic E-state index is 11.0. The van der Waals surface area contributed by atoms with Crippen LogP contribution in [0.4, 0.5) is 0 Å². The molecule has 0 fully saturated rings. The highest BCUT2D eigenvalue weighted by Gasteiger charge is 2.13. The Morgan fingerprint density at radius 3 is 2.47 bits per heavy atom. The average Bonchev–Trinajstić information content (AvgIpc) is 2.26. The summed E-state index contributed by atoms with van der Waals surface area (Å²) in [6.45, 7) is 3.88. The Kier molecular flexibility index (Phi) is 3.46. The van der Waals surface area contributed by atoms with Gasteiger partial charge < -0.3 is 5.11 Å². The quantitative estimate of drug-likeness (QED) is 0.820. The van der Waals surface area contributed by atoms with Gasteiger partial charge in [-0.3, -0.25) is 0 Å². The van der Waals surface area contributed by atoms with Crippen molar-refractivity contribution in [2.75, 3.05) is 0 Å². The minimum absolute atomic E-state index is 0.258. The molecule has 0 atom stereocenters. The number of nitrogens with zero attached hydrogens (tertiary/aromatic N) is 1. The Labute approximate surface area is 89.0 Å². The predicted octanol–water partition coefficient (Wildman–Crippen LogP) is 2.38. The Morgan fingerprint density at radius 1 is 1.40 bits per heavy atom. The van der Waals surface area contributed by atoms with Gasteiger partial charge in [0.2, 0.25) is 0 Å². The van der Waals surface area contributed by atoms with Crippen LogP contribution in [0.5, 0.6) is 0 Å². The molecule has 1 N–H and O–H groups in total. The number of rotatable bonds is 3. The van der Waals surface area contributed by atoms with Gasteiger partial charge in [0.15, 0.2) is 0 Å². The summed E-state index contributed by atoms with van der Waals surface area (Å²) in [5.41, 5.74) is 2.47. The van der Waals surface area contributed by atoms with E-state index >= 15 is 0 Å². The van der Waals surface area contributed by atoms with Crippen molar-refractivity contribution in [1.82, 2.24) is 0 Å². The Bertz CT molecular complexity index is 430. The normalized spacial score (nSPS) is 9.67. The number of carbonyl (C=O) groups is 1. The molecule has 1 rings (SSSR count). The fourth-order valence-electron chi connectivity index (χ4n) is 1.72. The van der Waals surface area contributed by atoms with Gasteiger partial charge >= 0.3 is 5.97 Å². The van der Waals surface area contributed by atoms with Crippen LogP contribution < -0.4 is 0 Å². The van der Waals surface area contributed by atoms with Crippen LogP contribution in [-0.2, 0) is 12.8 Å². The summed E-state index contributed by atoms with van der Waals surface area (Å²) in [7, 11) is 0. The SMILES string of the molecule is CCc1cc(C#N)cc(C(=O)O)c1CC. The number of carboxylic acids is 1. The molecule has 0 aromatic heterocycles. The molecule has 0 aliphatic rings. The highest BCUT2D eigenvalue weighted by Crippen LogP contribution is 2.19. The molecule has 0 saturated heterocycles. The van der Waals surface area contributed by atoms with Crippen molar-refractivity contribution in [1.29, 1.82) is 5.26 Å². The van der Waals surface area contributed by atoms with E-state index in [-0.39, 0.29) is 5.56 Å². The molecule has 0 bridgehead atoms. The van der Waals surface area contributed by atoms with Gasteiger partial charge in [-0.1, -0.05) is 13.8 Å². The van der Waals surface area contributed by atoms with Crippen molar-refractivity contribution in [2.24, 2.45) is 0 Å². The molecule has 0 heterocycles. The summed E-state index contributed by atoms with van der Waals surface area (Å²) in [6, 6.07) is 5.20. The molecule has 0 aliphatic heterocycles. The van der Waals surface area contributed by atoms with Gasteiger partial charge in [0, 0.05) is 0 Å². The standard InChI is InChI=1S/C12H13NO2/c1-3-9-5-8(7-13)6-11(12(14)15)10(9)4-2/h5-6H,3-4H2,1-2H3,(H,14,15). The smallest absolute Gasteiger partial charge is 0.336 e. The predicted molar refractivity (Wildman–Crippen MR) is 56.9 cm³/mol. The Balaban J connectivity index is 3.47. The zero-order valence-electron chi connectivity index (χ0n) is 8.87. The molecule has 0 saturated carbocycles. The van der Waals surface area contributed by atoms with Gasteiger partial charge in [-0.05, 0) is 36.1 Å². The first-order valence-corrected chi connectivity index (χ1v) is 4.93. The molecule has 0 radical (unpaired) electrons. The first-order chi connectivity index (χ1) is 7.13. The number of hydrogen-bond acceptors (Lipinski definition) is 2. The lowest BCUT2D eigenvalue weighted by Crippen LogP contribution is -2.06. The third-order valence-electron chi connectivity index (χ3n) is 2.44. The minimum atomic E-state index is -0.960. The zero-order valence-corrected chi connectivity index (χ0v) is 8.87. The topological polar surface area (TPSA) is 61.1 Å². The van der Waals surface area contributed by atoms with E-state index in [1.54, 1.807) is 6.07 Å². The van der Waals surface area contributed by atoms with E-state index in [9.17, 15) is 4.79 Å². The largest absolute Gasteiger partial charge is 0.478 e. The van der Waals surface area contributed by atoms with Crippen LogP contribution in [0.15, 0.2) is 12.1 Å². The van der Waals surface area contributed by atoms with Crippen LogP contribution in [0, 0.1) is 11.3 Å². The van der Waals surface area contributed by atoms with E-state index in [1.165, 1.54) is 6.07 Å². The number of aromatic carboxylic acids is 1. The third-order valence-corrected chi connectivity index (χ3v) is 2.44. The molecule has 3 heteroatoms. The van der Waals surface area contributed by atoms with E-state index in [2.05, 4.69) is 0 Å².